The number of esters is 2. The molecule has 2 aromatic heterocycles. The number of sulfonamides is 2. The zero-order valence-corrected chi connectivity index (χ0v) is 44.2. The number of carboxylic acid groups (broad SMARTS) is 1. The molecular formula is C48H70F2N6O15S2. The van der Waals surface area contributed by atoms with Gasteiger partial charge in [0, 0.05) is 84.4 Å². The van der Waals surface area contributed by atoms with Crippen molar-refractivity contribution in [2.45, 2.75) is 88.2 Å². The zero-order valence-electron chi connectivity index (χ0n) is 42.6. The Kier molecular flexibility index (Phi) is 22.2. The molecule has 25 heteroatoms. The van der Waals surface area contributed by atoms with Crippen LogP contribution in [0.25, 0.3) is 0 Å². The van der Waals surface area contributed by atoms with Crippen molar-refractivity contribution in [1.29, 1.82) is 0 Å². The second-order valence-electron chi connectivity index (χ2n) is 19.7. The number of pyridine rings is 2. The lowest BCUT2D eigenvalue weighted by atomic mass is 10.1. The molecule has 6 atom stereocenters. The number of carbonyl (C=O) groups is 4. The second-order valence-corrected chi connectivity index (χ2v) is 23.6. The van der Waals surface area contributed by atoms with Crippen LogP contribution in [0, 0.1) is 35.5 Å². The first kappa shape index (κ1) is 60.4. The molecule has 21 nitrogen and oxygen atoms in total. The minimum Gasteiger partial charge on any atom is -0.481 e. The number of nitrogens with one attached hydrogen (secondary N) is 1. The van der Waals surface area contributed by atoms with Crippen LogP contribution in [-0.2, 0) is 58.2 Å². The average molecular weight is 1070 g/mol. The van der Waals surface area contributed by atoms with Crippen molar-refractivity contribution in [3.05, 3.63) is 60.5 Å². The molecular weight excluding hydrogens is 1000 g/mol. The Hall–Kier alpha value is -5.18. The summed E-state index contributed by atoms with van der Waals surface area (Å²) in [5.41, 5.74) is 4.26. The van der Waals surface area contributed by atoms with Crippen molar-refractivity contribution in [2.75, 3.05) is 79.9 Å². The van der Waals surface area contributed by atoms with Crippen LogP contribution in [-0.4, -0.2) is 155 Å². The van der Waals surface area contributed by atoms with Crippen molar-refractivity contribution in [2.24, 2.45) is 41.2 Å². The molecule has 0 aromatic carbocycles. The van der Waals surface area contributed by atoms with Gasteiger partial charge in [0.1, 0.15) is 34.2 Å². The maximum atomic E-state index is 13.2. The Bertz CT molecular complexity index is 2440. The summed E-state index contributed by atoms with van der Waals surface area (Å²) in [5.74, 6) is -2.44. The van der Waals surface area contributed by atoms with Crippen molar-refractivity contribution in [1.82, 2.24) is 23.9 Å². The molecule has 2 saturated carbocycles. The standard InChI is InChI=1S/C24H34FN3O7S.C21H27FN2O7S.C3H9NO/c1-24(2,3)35-21(29)8-5-16(11-25)15-34-20-7-6-17(12-27-20)36(31,32)28-13-18-19(14-28)22(18)23(30)26-9-10-33-4;1-21(2,3)31-18(25)7-4-13(8-22)12-30-17-6-5-14(9-23-17)32(28,29)24-10-15-16(11-24)19(15)20(26)27;1-5-3-2-4/h6-7,11-12,18-19,22H,5,8-10,13-15H2,1-4H3,(H,26,30);5-6,8-9,15-16,19H,4,7,10-12H2,1-3H3,(H,26,27);2-4H2,1H3/t18-,19+,22?;15-,16+,19?;. The third-order valence-corrected chi connectivity index (χ3v) is 15.4. The van der Waals surface area contributed by atoms with E-state index in [0.717, 1.165) is 6.20 Å². The molecule has 2 aliphatic heterocycles. The van der Waals surface area contributed by atoms with Gasteiger partial charge in [-0.2, -0.15) is 8.61 Å². The van der Waals surface area contributed by atoms with E-state index in [1.165, 1.54) is 39.1 Å². The van der Waals surface area contributed by atoms with Crippen molar-refractivity contribution in [3.8, 4) is 11.8 Å². The summed E-state index contributed by atoms with van der Waals surface area (Å²) in [6.07, 6.45) is 3.36. The van der Waals surface area contributed by atoms with Gasteiger partial charge >= 0.3 is 17.9 Å². The zero-order chi connectivity index (χ0) is 54.3. The number of nitrogens with two attached hydrogens (primary N) is 1. The molecule has 4 heterocycles. The number of aliphatic carboxylic acids is 1. The number of nitrogens with zero attached hydrogens (tertiary/aromatic N) is 4. The number of methoxy groups -OCH3 is 2. The lowest BCUT2D eigenvalue weighted by Crippen LogP contribution is -2.36. The number of rotatable bonds is 23. The maximum absolute atomic E-state index is 13.2. The highest BCUT2D eigenvalue weighted by atomic mass is 32.2. The minimum atomic E-state index is -3.78. The van der Waals surface area contributed by atoms with Gasteiger partial charge in [-0.25, -0.2) is 35.6 Å². The fourth-order valence-electron chi connectivity index (χ4n) is 8.10. The van der Waals surface area contributed by atoms with E-state index in [9.17, 15) is 44.8 Å². The van der Waals surface area contributed by atoms with E-state index < -0.39 is 55.1 Å². The van der Waals surface area contributed by atoms with E-state index in [-0.39, 0.29) is 133 Å². The molecule has 0 spiro atoms. The van der Waals surface area contributed by atoms with Gasteiger partial charge < -0.3 is 44.6 Å². The van der Waals surface area contributed by atoms with Crippen LogP contribution >= 0.6 is 0 Å². The van der Waals surface area contributed by atoms with Crippen molar-refractivity contribution < 1.29 is 78.3 Å². The van der Waals surface area contributed by atoms with Crippen LogP contribution in [0.1, 0.15) is 67.2 Å². The van der Waals surface area contributed by atoms with Crippen LogP contribution in [0.3, 0.4) is 0 Å². The number of ether oxygens (including phenoxy) is 6. The van der Waals surface area contributed by atoms with E-state index in [1.54, 1.807) is 55.8 Å². The number of halogens is 2. The Balaban J connectivity index is 0.000000291. The largest absolute Gasteiger partial charge is 0.481 e. The Labute approximate surface area is 426 Å². The molecule has 2 aliphatic carbocycles. The summed E-state index contributed by atoms with van der Waals surface area (Å²) < 4.78 is 111. The third-order valence-electron chi connectivity index (χ3n) is 11.8. The van der Waals surface area contributed by atoms with Crippen LogP contribution in [0.2, 0.25) is 0 Å². The van der Waals surface area contributed by atoms with Crippen molar-refractivity contribution in [3.63, 3.8) is 0 Å². The molecule has 4 N–H and O–H groups in total. The molecule has 4 aliphatic rings. The molecule has 2 saturated heterocycles. The van der Waals surface area contributed by atoms with Gasteiger partial charge in [-0.15, -0.1) is 0 Å². The Morgan fingerprint density at radius 3 is 1.38 bits per heavy atom. The fourth-order valence-corrected chi connectivity index (χ4v) is 11.0. The molecule has 73 heavy (non-hydrogen) atoms. The summed E-state index contributed by atoms with van der Waals surface area (Å²) in [5, 5.41) is 11.9. The minimum absolute atomic E-state index is 0.00154. The molecule has 408 valence electrons. The van der Waals surface area contributed by atoms with Crippen LogP contribution in [0.4, 0.5) is 8.78 Å². The monoisotopic (exact) mass is 1070 g/mol. The van der Waals surface area contributed by atoms with Crippen molar-refractivity contribution >= 4 is 43.9 Å². The molecule has 6 rings (SSSR count). The van der Waals surface area contributed by atoms with E-state index in [2.05, 4.69) is 20.0 Å². The number of hydrogen-bond donors (Lipinski definition) is 3. The lowest BCUT2D eigenvalue weighted by Gasteiger charge is -2.20. The number of aromatic nitrogens is 2. The van der Waals surface area contributed by atoms with Gasteiger partial charge in [-0.3, -0.25) is 19.2 Å². The Morgan fingerprint density at radius 2 is 1.08 bits per heavy atom. The number of fused-ring (bicyclic) bond motifs is 2. The first-order valence-electron chi connectivity index (χ1n) is 23.7. The summed E-state index contributed by atoms with van der Waals surface area (Å²) in [4.78, 5) is 54.8. The molecule has 0 radical (unpaired) electrons. The van der Waals surface area contributed by atoms with Crippen LogP contribution in [0.5, 0.6) is 11.8 Å². The summed E-state index contributed by atoms with van der Waals surface area (Å²) in [7, 11) is -4.34. The fraction of sp³-hybridized carbons (Fsp3) is 0.625. The third kappa shape index (κ3) is 18.3. The highest BCUT2D eigenvalue weighted by Gasteiger charge is 2.62. The molecule has 1 amide bonds. The highest BCUT2D eigenvalue weighted by Crippen LogP contribution is 2.53. The quantitative estimate of drug-likeness (QED) is 0.105. The van der Waals surface area contributed by atoms with E-state index >= 15 is 0 Å². The smallest absolute Gasteiger partial charge is 0.307 e. The summed E-state index contributed by atoms with van der Waals surface area (Å²) in [6.45, 7) is 13.3. The topological polar surface area (TPSA) is 282 Å². The first-order valence-corrected chi connectivity index (χ1v) is 26.5. The van der Waals surface area contributed by atoms with E-state index in [0.29, 0.717) is 39.0 Å². The van der Waals surface area contributed by atoms with Gasteiger partial charge in [0.2, 0.25) is 37.7 Å². The molecule has 2 unspecified atom stereocenters. The van der Waals surface area contributed by atoms with Gasteiger partial charge in [0.05, 0.1) is 44.2 Å². The molecule has 4 fully saturated rings. The maximum Gasteiger partial charge on any atom is 0.307 e. The summed E-state index contributed by atoms with van der Waals surface area (Å²) >= 11 is 0. The number of carboxylic acids is 1. The van der Waals surface area contributed by atoms with E-state index in [4.69, 9.17) is 34.5 Å². The van der Waals surface area contributed by atoms with E-state index in [1.807, 2.05) is 0 Å². The lowest BCUT2D eigenvalue weighted by molar-refractivity contribution is -0.155. The predicted molar refractivity (Wildman–Crippen MR) is 260 cm³/mol. The Morgan fingerprint density at radius 1 is 0.685 bits per heavy atom. The SMILES string of the molecule is CC(C)(C)OC(=O)CCC(=CF)COc1ccc(S(=O)(=O)N2C[C@@H]3C(C(=O)O)[C@@H]3C2)cn1.COCCN.COCCNC(=O)C1[C@H]2CN(S(=O)(=O)c3ccc(OCC(=CF)CCC(=O)OC(C)(C)C)nc3)C[C@@H]12. The first-order chi connectivity index (χ1) is 34.3. The number of carbonyl (C=O) groups excluding carboxylic acids is 3. The van der Waals surface area contributed by atoms with Gasteiger partial charge in [0.25, 0.3) is 0 Å². The number of amides is 1. The van der Waals surface area contributed by atoms with Gasteiger partial charge in [-0.1, -0.05) is 0 Å². The van der Waals surface area contributed by atoms with Crippen LogP contribution in [0.15, 0.2) is 70.3 Å². The predicted octanol–water partition coefficient (Wildman–Crippen LogP) is 4.04. The summed E-state index contributed by atoms with van der Waals surface area (Å²) in [6, 6.07) is 5.50. The van der Waals surface area contributed by atoms with Crippen LogP contribution < -0.4 is 20.5 Å². The van der Waals surface area contributed by atoms with Gasteiger partial charge in [-0.05, 0) is 101 Å². The second kappa shape index (κ2) is 26.9. The number of piperidine rings is 2. The normalized spacial score (nSPS) is 21.8. The number of hydrogen-bond acceptors (Lipinski definition) is 17. The average Bonchev–Trinajstić information content (AvgIpc) is 4.05. The molecule has 0 bridgehead atoms. The highest BCUT2D eigenvalue weighted by molar-refractivity contribution is 7.89. The van der Waals surface area contributed by atoms with Gasteiger partial charge in [0.15, 0.2) is 0 Å². The molecule has 2 aromatic rings.